The van der Waals surface area contributed by atoms with Crippen molar-refractivity contribution < 1.29 is 14.8 Å². The van der Waals surface area contributed by atoms with Gasteiger partial charge in [0, 0.05) is 17.0 Å². The Morgan fingerprint density at radius 1 is 1.44 bits per heavy atom. The topological polar surface area (TPSA) is 80.4 Å². The molecule has 86 valence electrons. The molecule has 0 fully saturated rings. The molecule has 0 bridgehead atoms. The second-order valence-electron chi connectivity index (χ2n) is 4.23. The number of hydrogen-bond acceptors (Lipinski definition) is 3. The summed E-state index contributed by atoms with van der Waals surface area (Å²) in [5.74, 6) is -0.969. The number of hydrogen-bond donors (Lipinski definition) is 1. The van der Waals surface area contributed by atoms with Crippen LogP contribution in [0.5, 0.6) is 0 Å². The summed E-state index contributed by atoms with van der Waals surface area (Å²) in [7, 11) is 0. The van der Waals surface area contributed by atoms with E-state index in [1.807, 2.05) is 0 Å². The summed E-state index contributed by atoms with van der Waals surface area (Å²) in [6.07, 6.45) is -0.141. The van der Waals surface area contributed by atoms with Crippen LogP contribution in [0.25, 0.3) is 0 Å². The maximum atomic E-state index is 10.8. The van der Waals surface area contributed by atoms with Crippen molar-refractivity contribution in [2.75, 3.05) is 0 Å². The molecule has 0 saturated heterocycles. The van der Waals surface area contributed by atoms with E-state index in [4.69, 9.17) is 5.11 Å². The van der Waals surface area contributed by atoms with Gasteiger partial charge in [0.15, 0.2) is 0 Å². The van der Waals surface area contributed by atoms with Gasteiger partial charge in [-0.05, 0) is 0 Å². The molecule has 1 rings (SSSR count). The number of rotatable bonds is 4. The van der Waals surface area contributed by atoms with Crippen LogP contribution in [0.1, 0.15) is 25.8 Å². The number of nitrogens with zero attached hydrogens (tertiary/aromatic N) is 1. The minimum atomic E-state index is -0.969. The zero-order chi connectivity index (χ0) is 12.3. The zero-order valence-electron chi connectivity index (χ0n) is 9.14. The monoisotopic (exact) mass is 223 g/mol. The van der Waals surface area contributed by atoms with Crippen LogP contribution >= 0.6 is 0 Å². The van der Waals surface area contributed by atoms with Crippen molar-refractivity contribution in [2.45, 2.75) is 25.7 Å². The van der Waals surface area contributed by atoms with Crippen molar-refractivity contribution in [2.24, 2.45) is 0 Å². The Balaban J connectivity index is 3.21. The molecule has 0 atom stereocenters. The molecule has 0 radical (unpaired) electrons. The van der Waals surface area contributed by atoms with E-state index in [9.17, 15) is 14.9 Å². The lowest BCUT2D eigenvalue weighted by Crippen LogP contribution is -2.22. The summed E-state index contributed by atoms with van der Waals surface area (Å²) < 4.78 is 0. The Hall–Kier alpha value is -1.91. The van der Waals surface area contributed by atoms with E-state index in [0.29, 0.717) is 5.56 Å². The van der Waals surface area contributed by atoms with Gasteiger partial charge in [-0.25, -0.2) is 0 Å². The molecule has 5 nitrogen and oxygen atoms in total. The summed E-state index contributed by atoms with van der Waals surface area (Å²) in [6.45, 7) is 3.37. The Bertz CT molecular complexity index is 426. The highest BCUT2D eigenvalue weighted by molar-refractivity contribution is 5.69. The van der Waals surface area contributed by atoms with Gasteiger partial charge in [0.1, 0.15) is 0 Å². The largest absolute Gasteiger partial charge is 0.481 e. The van der Waals surface area contributed by atoms with Crippen LogP contribution in [0, 0.1) is 10.1 Å². The molecule has 1 aromatic rings. The minimum Gasteiger partial charge on any atom is -0.481 e. The molecule has 0 heterocycles. The van der Waals surface area contributed by atoms with Gasteiger partial charge in [-0.1, -0.05) is 32.0 Å². The van der Waals surface area contributed by atoms with Gasteiger partial charge < -0.3 is 5.11 Å². The lowest BCUT2D eigenvalue weighted by Gasteiger charge is -2.22. The third-order valence-electron chi connectivity index (χ3n) is 2.42. The summed E-state index contributed by atoms with van der Waals surface area (Å²) in [6, 6.07) is 6.23. The Kier molecular flexibility index (Phi) is 3.27. The lowest BCUT2D eigenvalue weighted by molar-refractivity contribution is -0.386. The molecule has 0 saturated carbocycles. The third kappa shape index (κ3) is 2.56. The molecule has 0 aliphatic heterocycles. The number of nitro groups is 1. The normalized spacial score (nSPS) is 11.1. The molecular formula is C11H13NO4. The predicted molar refractivity (Wildman–Crippen MR) is 58.4 cm³/mol. The van der Waals surface area contributed by atoms with E-state index in [1.54, 1.807) is 32.0 Å². The fourth-order valence-electron chi connectivity index (χ4n) is 1.68. The second-order valence-corrected chi connectivity index (χ2v) is 4.23. The lowest BCUT2D eigenvalue weighted by atomic mass is 9.80. The first-order valence-corrected chi connectivity index (χ1v) is 4.80. The number of carboxylic acid groups (broad SMARTS) is 1. The van der Waals surface area contributed by atoms with E-state index >= 15 is 0 Å². The average molecular weight is 223 g/mol. The number of benzene rings is 1. The first kappa shape index (κ1) is 12.2. The van der Waals surface area contributed by atoms with Crippen molar-refractivity contribution in [3.05, 3.63) is 39.9 Å². The number of para-hydroxylation sites is 1. The van der Waals surface area contributed by atoms with Crippen LogP contribution in [0.2, 0.25) is 0 Å². The van der Waals surface area contributed by atoms with Crippen molar-refractivity contribution in [3.8, 4) is 0 Å². The fraction of sp³-hybridized carbons (Fsp3) is 0.364. The molecule has 0 aliphatic rings. The van der Waals surface area contributed by atoms with Crippen LogP contribution < -0.4 is 0 Å². The van der Waals surface area contributed by atoms with Crippen molar-refractivity contribution in [1.82, 2.24) is 0 Å². The SMILES string of the molecule is CC(C)(CC(=O)O)c1ccccc1[N+](=O)[O-]. The smallest absolute Gasteiger partial charge is 0.304 e. The Morgan fingerprint density at radius 2 is 2.00 bits per heavy atom. The number of carbonyl (C=O) groups is 1. The third-order valence-corrected chi connectivity index (χ3v) is 2.42. The summed E-state index contributed by atoms with van der Waals surface area (Å²) >= 11 is 0. The molecule has 0 amide bonds. The quantitative estimate of drug-likeness (QED) is 0.627. The van der Waals surface area contributed by atoms with E-state index in [2.05, 4.69) is 0 Å². The fourth-order valence-corrected chi connectivity index (χ4v) is 1.68. The molecule has 0 spiro atoms. The maximum absolute atomic E-state index is 10.8. The van der Waals surface area contributed by atoms with Gasteiger partial charge in [-0.2, -0.15) is 0 Å². The van der Waals surface area contributed by atoms with Crippen LogP contribution in [0.15, 0.2) is 24.3 Å². The summed E-state index contributed by atoms with van der Waals surface area (Å²) in [4.78, 5) is 21.0. The predicted octanol–water partition coefficient (Wildman–Crippen LogP) is 2.35. The molecule has 1 aromatic carbocycles. The highest BCUT2D eigenvalue weighted by Crippen LogP contribution is 2.33. The highest BCUT2D eigenvalue weighted by atomic mass is 16.6. The molecule has 0 unspecified atom stereocenters. The van der Waals surface area contributed by atoms with E-state index in [-0.39, 0.29) is 12.1 Å². The standard InChI is InChI=1S/C11H13NO4/c1-11(2,7-10(13)14)8-5-3-4-6-9(8)12(15)16/h3-6H,7H2,1-2H3,(H,13,14). The number of carboxylic acids is 1. The van der Waals surface area contributed by atoms with Crippen LogP contribution in [-0.2, 0) is 10.2 Å². The van der Waals surface area contributed by atoms with Crippen LogP contribution in [-0.4, -0.2) is 16.0 Å². The molecule has 0 aromatic heterocycles. The zero-order valence-corrected chi connectivity index (χ0v) is 9.14. The molecule has 0 aliphatic carbocycles. The Labute approximate surface area is 92.9 Å². The summed E-state index contributed by atoms with van der Waals surface area (Å²) in [5.41, 5.74) is -0.341. The van der Waals surface area contributed by atoms with Crippen LogP contribution in [0.4, 0.5) is 5.69 Å². The van der Waals surface area contributed by atoms with Gasteiger partial charge in [-0.15, -0.1) is 0 Å². The first-order valence-electron chi connectivity index (χ1n) is 4.80. The van der Waals surface area contributed by atoms with Crippen molar-refractivity contribution in [1.29, 1.82) is 0 Å². The van der Waals surface area contributed by atoms with Gasteiger partial charge in [0.05, 0.1) is 11.3 Å². The second kappa shape index (κ2) is 4.30. The van der Waals surface area contributed by atoms with E-state index in [0.717, 1.165) is 0 Å². The minimum absolute atomic E-state index is 0.0336. The van der Waals surface area contributed by atoms with E-state index < -0.39 is 16.3 Å². The molecular weight excluding hydrogens is 210 g/mol. The van der Waals surface area contributed by atoms with Crippen molar-refractivity contribution in [3.63, 3.8) is 0 Å². The van der Waals surface area contributed by atoms with Gasteiger partial charge >= 0.3 is 5.97 Å². The number of aliphatic carboxylic acids is 1. The first-order chi connectivity index (χ1) is 7.34. The summed E-state index contributed by atoms with van der Waals surface area (Å²) in [5, 5.41) is 19.6. The Morgan fingerprint density at radius 3 is 2.50 bits per heavy atom. The van der Waals surface area contributed by atoms with Gasteiger partial charge in [0.25, 0.3) is 5.69 Å². The van der Waals surface area contributed by atoms with Gasteiger partial charge in [-0.3, -0.25) is 14.9 Å². The molecule has 5 heteroatoms. The number of nitro benzene ring substituents is 1. The highest BCUT2D eigenvalue weighted by Gasteiger charge is 2.30. The van der Waals surface area contributed by atoms with Crippen LogP contribution in [0.3, 0.4) is 0 Å². The molecule has 1 N–H and O–H groups in total. The molecule has 16 heavy (non-hydrogen) atoms. The average Bonchev–Trinajstić information content (AvgIpc) is 2.15. The van der Waals surface area contributed by atoms with Gasteiger partial charge in [0.2, 0.25) is 0 Å². The maximum Gasteiger partial charge on any atom is 0.304 e. The van der Waals surface area contributed by atoms with E-state index in [1.165, 1.54) is 6.07 Å². The van der Waals surface area contributed by atoms with Crippen molar-refractivity contribution >= 4 is 11.7 Å².